The molecule has 0 atom stereocenters. The van der Waals surface area contributed by atoms with Gasteiger partial charge >= 0.3 is 6.03 Å². The summed E-state index contributed by atoms with van der Waals surface area (Å²) in [5.41, 5.74) is 7.60. The van der Waals surface area contributed by atoms with E-state index < -0.39 is 0 Å². The Kier molecular flexibility index (Phi) is 3.40. The molecule has 5 nitrogen and oxygen atoms in total. The molecular formula is C12H14N4O. The molecule has 1 heterocycles. The van der Waals surface area contributed by atoms with Crippen LogP contribution in [0, 0.1) is 0 Å². The number of hydrogen-bond acceptors (Lipinski definition) is 3. The van der Waals surface area contributed by atoms with E-state index in [-0.39, 0.29) is 6.03 Å². The lowest BCUT2D eigenvalue weighted by Gasteiger charge is -2.10. The van der Waals surface area contributed by atoms with Gasteiger partial charge in [-0.1, -0.05) is 24.3 Å². The SMILES string of the molecule is CNC(=O)NNC1=NC=Cc2ccccc2C1. The zero-order valence-corrected chi connectivity index (χ0v) is 9.53. The number of rotatable bonds is 0. The maximum atomic E-state index is 11.0. The highest BCUT2D eigenvalue weighted by molar-refractivity contribution is 5.89. The van der Waals surface area contributed by atoms with Crippen molar-refractivity contribution in [3.8, 4) is 0 Å². The Morgan fingerprint density at radius 1 is 1.35 bits per heavy atom. The summed E-state index contributed by atoms with van der Waals surface area (Å²) in [5.74, 6) is 0.704. The molecule has 0 unspecified atom stereocenters. The molecule has 0 saturated carbocycles. The van der Waals surface area contributed by atoms with Crippen molar-refractivity contribution in [2.45, 2.75) is 6.42 Å². The number of carbonyl (C=O) groups excluding carboxylic acids is 1. The molecule has 5 heteroatoms. The Hall–Kier alpha value is -2.30. The van der Waals surface area contributed by atoms with Crippen LogP contribution in [0.2, 0.25) is 0 Å². The van der Waals surface area contributed by atoms with Gasteiger partial charge in [0.1, 0.15) is 5.84 Å². The second-order valence-electron chi connectivity index (χ2n) is 3.60. The second kappa shape index (κ2) is 5.16. The standard InChI is InChI=1S/C12H14N4O/c1-13-12(17)16-15-11-8-10-5-3-2-4-9(10)6-7-14-11/h2-7H,8H2,1H3,(H,14,15)(H2,13,16,17). The summed E-state index contributed by atoms with van der Waals surface area (Å²) in [7, 11) is 1.56. The number of urea groups is 1. The first-order valence-corrected chi connectivity index (χ1v) is 5.34. The van der Waals surface area contributed by atoms with E-state index in [1.54, 1.807) is 13.2 Å². The van der Waals surface area contributed by atoms with Crippen LogP contribution < -0.4 is 16.2 Å². The Bertz CT molecular complexity index is 479. The fourth-order valence-corrected chi connectivity index (χ4v) is 1.56. The van der Waals surface area contributed by atoms with E-state index in [2.05, 4.69) is 21.2 Å². The van der Waals surface area contributed by atoms with Crippen LogP contribution in [-0.2, 0) is 6.42 Å². The summed E-state index contributed by atoms with van der Waals surface area (Å²) in [5, 5.41) is 2.45. The zero-order valence-electron chi connectivity index (χ0n) is 9.53. The number of hydrogen-bond donors (Lipinski definition) is 3. The average molecular weight is 230 g/mol. The highest BCUT2D eigenvalue weighted by Crippen LogP contribution is 2.14. The van der Waals surface area contributed by atoms with Gasteiger partial charge in [0.15, 0.2) is 0 Å². The lowest BCUT2D eigenvalue weighted by molar-refractivity contribution is 0.241. The molecule has 0 fully saturated rings. The molecule has 0 aromatic heterocycles. The normalized spacial score (nSPS) is 13.1. The van der Waals surface area contributed by atoms with Gasteiger partial charge in [-0.15, -0.1) is 0 Å². The summed E-state index contributed by atoms with van der Waals surface area (Å²) in [6, 6.07) is 7.76. The van der Waals surface area contributed by atoms with E-state index in [9.17, 15) is 4.79 Å². The Balaban J connectivity index is 2.06. The Labute approximate surface area is 99.6 Å². The van der Waals surface area contributed by atoms with Crippen molar-refractivity contribution in [1.82, 2.24) is 16.2 Å². The highest BCUT2D eigenvalue weighted by atomic mass is 16.2. The fraction of sp³-hybridized carbons (Fsp3) is 0.167. The van der Waals surface area contributed by atoms with Crippen molar-refractivity contribution in [2.75, 3.05) is 7.05 Å². The highest BCUT2D eigenvalue weighted by Gasteiger charge is 2.07. The van der Waals surface area contributed by atoms with Crippen LogP contribution in [0.4, 0.5) is 4.79 Å². The molecule has 1 aromatic rings. The Morgan fingerprint density at radius 2 is 2.18 bits per heavy atom. The van der Waals surface area contributed by atoms with Gasteiger partial charge in [0.05, 0.1) is 0 Å². The number of aliphatic imine (C=N–C) groups is 1. The molecule has 1 aliphatic heterocycles. The molecule has 1 aliphatic rings. The zero-order chi connectivity index (χ0) is 12.1. The predicted molar refractivity (Wildman–Crippen MR) is 67.3 cm³/mol. The summed E-state index contributed by atoms with van der Waals surface area (Å²) < 4.78 is 0. The second-order valence-corrected chi connectivity index (χ2v) is 3.60. The topological polar surface area (TPSA) is 65.5 Å². The van der Waals surface area contributed by atoms with Crippen LogP contribution >= 0.6 is 0 Å². The molecule has 0 saturated heterocycles. The number of nitrogens with zero attached hydrogens (tertiary/aromatic N) is 1. The smallest absolute Gasteiger partial charge is 0.333 e. The molecule has 3 N–H and O–H groups in total. The molecule has 1 aromatic carbocycles. The van der Waals surface area contributed by atoms with Crippen molar-refractivity contribution in [3.05, 3.63) is 41.6 Å². The largest absolute Gasteiger partial charge is 0.340 e. The summed E-state index contributed by atoms with van der Waals surface area (Å²) in [6.45, 7) is 0. The first kappa shape index (κ1) is 11.2. The molecule has 88 valence electrons. The van der Waals surface area contributed by atoms with Gasteiger partial charge in [0, 0.05) is 19.7 Å². The van der Waals surface area contributed by atoms with E-state index in [1.807, 2.05) is 30.3 Å². The average Bonchev–Trinajstić information content (AvgIpc) is 2.57. The van der Waals surface area contributed by atoms with Gasteiger partial charge in [-0.2, -0.15) is 0 Å². The molecule has 0 bridgehead atoms. The lowest BCUT2D eigenvalue weighted by Crippen LogP contribution is -2.46. The van der Waals surface area contributed by atoms with Crippen LogP contribution in [-0.4, -0.2) is 18.9 Å². The third-order valence-corrected chi connectivity index (χ3v) is 2.44. The van der Waals surface area contributed by atoms with Gasteiger partial charge in [0.2, 0.25) is 0 Å². The number of hydrazine groups is 1. The third-order valence-electron chi connectivity index (χ3n) is 2.44. The van der Waals surface area contributed by atoms with Crippen molar-refractivity contribution in [1.29, 1.82) is 0 Å². The number of carbonyl (C=O) groups is 1. The monoisotopic (exact) mass is 230 g/mol. The van der Waals surface area contributed by atoms with Crippen LogP contribution in [0.1, 0.15) is 11.1 Å². The first-order chi connectivity index (χ1) is 8.29. The number of amidine groups is 1. The van der Waals surface area contributed by atoms with E-state index in [1.165, 1.54) is 5.56 Å². The molecule has 2 rings (SSSR count). The quantitative estimate of drug-likeness (QED) is 0.583. The molecule has 0 spiro atoms. The van der Waals surface area contributed by atoms with Gasteiger partial charge in [-0.3, -0.25) is 10.9 Å². The van der Waals surface area contributed by atoms with Crippen LogP contribution in [0.5, 0.6) is 0 Å². The molecule has 0 aliphatic carbocycles. The lowest BCUT2D eigenvalue weighted by atomic mass is 10.0. The number of nitrogens with one attached hydrogen (secondary N) is 3. The van der Waals surface area contributed by atoms with Crippen molar-refractivity contribution >= 4 is 17.9 Å². The minimum atomic E-state index is -0.297. The number of fused-ring (bicyclic) bond motifs is 1. The van der Waals surface area contributed by atoms with E-state index >= 15 is 0 Å². The predicted octanol–water partition coefficient (Wildman–Crippen LogP) is 1.05. The van der Waals surface area contributed by atoms with Crippen LogP contribution in [0.3, 0.4) is 0 Å². The third kappa shape index (κ3) is 2.84. The molecule has 2 amide bonds. The van der Waals surface area contributed by atoms with E-state index in [4.69, 9.17) is 0 Å². The van der Waals surface area contributed by atoms with Crippen LogP contribution in [0.25, 0.3) is 6.08 Å². The van der Waals surface area contributed by atoms with Crippen molar-refractivity contribution in [3.63, 3.8) is 0 Å². The van der Waals surface area contributed by atoms with E-state index in [0.29, 0.717) is 12.3 Å². The van der Waals surface area contributed by atoms with Crippen LogP contribution in [0.15, 0.2) is 35.5 Å². The van der Waals surface area contributed by atoms with Gasteiger partial charge in [-0.25, -0.2) is 9.79 Å². The number of amides is 2. The van der Waals surface area contributed by atoms with Crippen molar-refractivity contribution in [2.24, 2.45) is 4.99 Å². The Morgan fingerprint density at radius 3 is 3.00 bits per heavy atom. The van der Waals surface area contributed by atoms with E-state index in [0.717, 1.165) is 5.56 Å². The molecule has 17 heavy (non-hydrogen) atoms. The van der Waals surface area contributed by atoms with Gasteiger partial charge < -0.3 is 5.32 Å². The molecular weight excluding hydrogens is 216 g/mol. The summed E-state index contributed by atoms with van der Waals surface area (Å²) in [6.07, 6.45) is 4.33. The summed E-state index contributed by atoms with van der Waals surface area (Å²) in [4.78, 5) is 15.3. The first-order valence-electron chi connectivity index (χ1n) is 5.34. The minimum Gasteiger partial charge on any atom is -0.340 e. The fourth-order valence-electron chi connectivity index (χ4n) is 1.56. The maximum absolute atomic E-state index is 11.0. The maximum Gasteiger partial charge on any atom is 0.333 e. The molecule has 0 radical (unpaired) electrons. The van der Waals surface area contributed by atoms with Gasteiger partial charge in [0.25, 0.3) is 0 Å². The summed E-state index contributed by atoms with van der Waals surface area (Å²) >= 11 is 0. The van der Waals surface area contributed by atoms with Gasteiger partial charge in [-0.05, 0) is 17.2 Å². The number of benzene rings is 1. The minimum absolute atomic E-state index is 0.297. The van der Waals surface area contributed by atoms with Crippen molar-refractivity contribution < 1.29 is 4.79 Å².